The smallest absolute Gasteiger partial charge is 0.272 e. The van der Waals surface area contributed by atoms with Gasteiger partial charge in [-0.25, -0.2) is 9.97 Å². The molecule has 1 amide bonds. The fourth-order valence-corrected chi connectivity index (χ4v) is 3.98. The third-order valence-electron chi connectivity index (χ3n) is 4.95. The lowest BCUT2D eigenvalue weighted by Crippen LogP contribution is -2.41. The van der Waals surface area contributed by atoms with Crippen LogP contribution in [0.5, 0.6) is 0 Å². The lowest BCUT2D eigenvalue weighted by atomic mass is 10.0. The minimum atomic E-state index is -0.186. The first kappa shape index (κ1) is 22.2. The van der Waals surface area contributed by atoms with Crippen molar-refractivity contribution >= 4 is 46.5 Å². The van der Waals surface area contributed by atoms with Crippen LogP contribution in [0.15, 0.2) is 54.7 Å². The summed E-state index contributed by atoms with van der Waals surface area (Å²) in [5.41, 5.74) is 1.39. The van der Waals surface area contributed by atoms with Gasteiger partial charge < -0.3 is 15.0 Å². The number of nitrogens with zero attached hydrogens (tertiary/aromatic N) is 3. The minimum Gasteiger partial charge on any atom is -0.378 e. The summed E-state index contributed by atoms with van der Waals surface area (Å²) in [6.45, 7) is 2.15. The number of ketones is 1. The van der Waals surface area contributed by atoms with Crippen LogP contribution in [0.3, 0.4) is 0 Å². The molecule has 0 spiro atoms. The van der Waals surface area contributed by atoms with Crippen LogP contribution in [0.25, 0.3) is 0 Å². The molecule has 164 valence electrons. The van der Waals surface area contributed by atoms with Crippen molar-refractivity contribution in [3.05, 3.63) is 81.6 Å². The molecule has 2 aromatic heterocycles. The van der Waals surface area contributed by atoms with Crippen molar-refractivity contribution in [1.82, 2.24) is 14.9 Å². The SMILES string of the molecule is O=C(Cc1ccnc(Nc2cccc(C(=O)N3CCOCC3)n2)c1)c1c(Cl)cccc1Cl. The van der Waals surface area contributed by atoms with Crippen LogP contribution in [-0.2, 0) is 11.2 Å². The Balaban J connectivity index is 1.47. The van der Waals surface area contributed by atoms with Gasteiger partial charge in [-0.1, -0.05) is 35.3 Å². The van der Waals surface area contributed by atoms with Gasteiger partial charge in [0.2, 0.25) is 0 Å². The maximum Gasteiger partial charge on any atom is 0.272 e. The Bertz CT molecular complexity index is 1130. The van der Waals surface area contributed by atoms with E-state index in [1.807, 2.05) is 0 Å². The monoisotopic (exact) mass is 470 g/mol. The number of carbonyl (C=O) groups excluding carboxylic acids is 2. The number of morpholine rings is 1. The normalized spacial score (nSPS) is 13.6. The van der Waals surface area contributed by atoms with Crippen LogP contribution in [0, 0.1) is 0 Å². The second kappa shape index (κ2) is 10.1. The molecule has 3 heterocycles. The predicted octanol–water partition coefficient (Wildman–Crippen LogP) is 4.42. The molecule has 1 aromatic carbocycles. The van der Waals surface area contributed by atoms with Crippen molar-refractivity contribution in [3.63, 3.8) is 0 Å². The first-order chi connectivity index (χ1) is 15.5. The van der Waals surface area contributed by atoms with Crippen LogP contribution >= 0.6 is 23.2 Å². The van der Waals surface area contributed by atoms with Gasteiger partial charge in [0.25, 0.3) is 5.91 Å². The molecule has 1 saturated heterocycles. The molecule has 0 radical (unpaired) electrons. The van der Waals surface area contributed by atoms with E-state index in [4.69, 9.17) is 27.9 Å². The summed E-state index contributed by atoms with van der Waals surface area (Å²) in [6.07, 6.45) is 1.71. The average Bonchev–Trinajstić information content (AvgIpc) is 2.79. The van der Waals surface area contributed by atoms with Gasteiger partial charge in [0, 0.05) is 25.7 Å². The van der Waals surface area contributed by atoms with E-state index in [0.29, 0.717) is 59.2 Å². The molecule has 9 heteroatoms. The zero-order valence-electron chi connectivity index (χ0n) is 17.1. The summed E-state index contributed by atoms with van der Waals surface area (Å²) in [6, 6.07) is 13.7. The number of hydrogen-bond acceptors (Lipinski definition) is 6. The molecule has 32 heavy (non-hydrogen) atoms. The molecule has 0 saturated carbocycles. The molecule has 0 unspecified atom stereocenters. The summed E-state index contributed by atoms with van der Waals surface area (Å²) in [4.78, 5) is 35.8. The molecule has 0 bridgehead atoms. The van der Waals surface area contributed by atoms with E-state index in [1.165, 1.54) is 0 Å². The number of anilines is 2. The van der Waals surface area contributed by atoms with E-state index in [1.54, 1.807) is 59.6 Å². The summed E-state index contributed by atoms with van der Waals surface area (Å²) in [5, 5.41) is 3.74. The maximum atomic E-state index is 12.7. The van der Waals surface area contributed by atoms with Crippen LogP contribution in [0.4, 0.5) is 11.6 Å². The molecular formula is C23H20Cl2N4O3. The second-order valence-corrected chi connectivity index (χ2v) is 8.00. The zero-order chi connectivity index (χ0) is 22.5. The van der Waals surface area contributed by atoms with Crippen molar-refractivity contribution < 1.29 is 14.3 Å². The third kappa shape index (κ3) is 5.24. The van der Waals surface area contributed by atoms with Gasteiger partial charge in [-0.2, -0.15) is 0 Å². The van der Waals surface area contributed by atoms with E-state index in [-0.39, 0.29) is 18.1 Å². The Kier molecular flexibility index (Phi) is 6.99. The third-order valence-corrected chi connectivity index (χ3v) is 5.58. The highest BCUT2D eigenvalue weighted by Gasteiger charge is 2.20. The van der Waals surface area contributed by atoms with Gasteiger partial charge in [-0.05, 0) is 42.0 Å². The van der Waals surface area contributed by atoms with Crippen LogP contribution in [0.1, 0.15) is 26.4 Å². The van der Waals surface area contributed by atoms with Crippen LogP contribution in [0.2, 0.25) is 10.0 Å². The second-order valence-electron chi connectivity index (χ2n) is 7.18. The van der Waals surface area contributed by atoms with Crippen LogP contribution < -0.4 is 5.32 Å². The van der Waals surface area contributed by atoms with Gasteiger partial charge in [0.1, 0.15) is 17.3 Å². The number of ether oxygens (including phenoxy) is 1. The number of hydrogen-bond donors (Lipinski definition) is 1. The number of nitrogens with one attached hydrogen (secondary N) is 1. The molecule has 4 rings (SSSR count). The highest BCUT2D eigenvalue weighted by Crippen LogP contribution is 2.26. The summed E-state index contributed by atoms with van der Waals surface area (Å²) >= 11 is 12.3. The fourth-order valence-electron chi connectivity index (χ4n) is 3.37. The number of amides is 1. The maximum absolute atomic E-state index is 12.7. The van der Waals surface area contributed by atoms with Crippen molar-refractivity contribution in [2.24, 2.45) is 0 Å². The topological polar surface area (TPSA) is 84.4 Å². The summed E-state index contributed by atoms with van der Waals surface area (Å²) in [5.74, 6) is 0.660. The predicted molar refractivity (Wildman–Crippen MR) is 123 cm³/mol. The van der Waals surface area contributed by atoms with E-state index in [9.17, 15) is 9.59 Å². The van der Waals surface area contributed by atoms with Crippen molar-refractivity contribution in [1.29, 1.82) is 0 Å². The Labute approximate surface area is 195 Å². The van der Waals surface area contributed by atoms with Gasteiger partial charge in [-0.3, -0.25) is 9.59 Å². The molecule has 0 atom stereocenters. The number of benzene rings is 1. The Hall–Kier alpha value is -3.00. The number of halogens is 2. The Morgan fingerprint density at radius 1 is 1.00 bits per heavy atom. The molecule has 0 aliphatic carbocycles. The lowest BCUT2D eigenvalue weighted by Gasteiger charge is -2.26. The Morgan fingerprint density at radius 2 is 1.72 bits per heavy atom. The quantitative estimate of drug-likeness (QED) is 0.536. The first-order valence-electron chi connectivity index (χ1n) is 10.0. The molecule has 1 aliphatic rings. The summed E-state index contributed by atoms with van der Waals surface area (Å²) < 4.78 is 5.29. The van der Waals surface area contributed by atoms with Gasteiger partial charge in [0.05, 0.1) is 28.8 Å². The van der Waals surface area contributed by atoms with Crippen molar-refractivity contribution in [2.45, 2.75) is 6.42 Å². The van der Waals surface area contributed by atoms with Gasteiger partial charge in [-0.15, -0.1) is 0 Å². The lowest BCUT2D eigenvalue weighted by molar-refractivity contribution is 0.0299. The highest BCUT2D eigenvalue weighted by atomic mass is 35.5. The number of pyridine rings is 2. The molecule has 1 fully saturated rings. The first-order valence-corrected chi connectivity index (χ1v) is 10.8. The number of rotatable bonds is 6. The number of Topliss-reactive ketones (excluding diaryl/α,β-unsaturated/α-hetero) is 1. The van der Waals surface area contributed by atoms with E-state index in [2.05, 4.69) is 15.3 Å². The highest BCUT2D eigenvalue weighted by molar-refractivity contribution is 6.39. The van der Waals surface area contributed by atoms with Gasteiger partial charge >= 0.3 is 0 Å². The minimum absolute atomic E-state index is 0.115. The van der Waals surface area contributed by atoms with E-state index < -0.39 is 0 Å². The standard InChI is InChI=1S/C23H20Cl2N4O3/c24-16-3-1-4-17(25)22(16)19(30)13-15-7-8-26-21(14-15)28-20-6-2-5-18(27-20)23(31)29-9-11-32-12-10-29/h1-8,14H,9-13H2,(H,26,27,28). The molecule has 1 aliphatic heterocycles. The molecular weight excluding hydrogens is 451 g/mol. The number of carbonyl (C=O) groups is 2. The molecule has 7 nitrogen and oxygen atoms in total. The van der Waals surface area contributed by atoms with E-state index in [0.717, 1.165) is 5.56 Å². The molecule has 1 N–H and O–H groups in total. The largest absolute Gasteiger partial charge is 0.378 e. The average molecular weight is 471 g/mol. The Morgan fingerprint density at radius 3 is 2.47 bits per heavy atom. The van der Waals surface area contributed by atoms with E-state index >= 15 is 0 Å². The molecule has 3 aromatic rings. The van der Waals surface area contributed by atoms with Crippen molar-refractivity contribution in [2.75, 3.05) is 31.6 Å². The van der Waals surface area contributed by atoms with Gasteiger partial charge in [0.15, 0.2) is 5.78 Å². The zero-order valence-corrected chi connectivity index (χ0v) is 18.6. The number of aromatic nitrogens is 2. The summed E-state index contributed by atoms with van der Waals surface area (Å²) in [7, 11) is 0. The fraction of sp³-hybridized carbons (Fsp3) is 0.217. The van der Waals surface area contributed by atoms with Crippen molar-refractivity contribution in [3.8, 4) is 0 Å². The van der Waals surface area contributed by atoms with Crippen LogP contribution in [-0.4, -0.2) is 52.9 Å².